The molecule has 9 heteroatoms. The fourth-order valence-electron chi connectivity index (χ4n) is 3.38. The molecule has 2 aromatic heterocycles. The number of carbonyl (C=O) groups excluding carboxylic acids is 3. The molecule has 0 atom stereocenters. The topological polar surface area (TPSA) is 104 Å². The summed E-state index contributed by atoms with van der Waals surface area (Å²) in [6, 6.07) is 7.45. The highest BCUT2D eigenvalue weighted by Gasteiger charge is 2.24. The van der Waals surface area contributed by atoms with E-state index in [4.69, 9.17) is 14.2 Å². The first-order chi connectivity index (χ1) is 15.3. The minimum atomic E-state index is -0.672. The van der Waals surface area contributed by atoms with E-state index in [-0.39, 0.29) is 12.2 Å². The molecule has 1 amide bonds. The standard InChI is InChI=1S/C23H24N2O6S/c1-12-14(3)32-21(20(12)22(27)30-5)25-18(26)11-31-23(28)19-13(2)15-8-6-7-9-16(15)24-17(19)10-29-4/h6-9H,10-11H2,1-5H3,(H,25,26). The molecule has 0 bridgehead atoms. The van der Waals surface area contributed by atoms with Crippen LogP contribution < -0.4 is 5.32 Å². The fourth-order valence-corrected chi connectivity index (χ4v) is 4.45. The summed E-state index contributed by atoms with van der Waals surface area (Å²) < 4.78 is 15.3. The molecule has 0 spiro atoms. The zero-order valence-electron chi connectivity index (χ0n) is 18.5. The van der Waals surface area contributed by atoms with Gasteiger partial charge in [-0.3, -0.25) is 4.79 Å². The van der Waals surface area contributed by atoms with Crippen molar-refractivity contribution in [1.82, 2.24) is 4.98 Å². The number of hydrogen-bond acceptors (Lipinski definition) is 8. The molecule has 8 nitrogen and oxygen atoms in total. The SMILES string of the molecule is COCc1nc2ccccc2c(C)c1C(=O)OCC(=O)Nc1sc(C)c(C)c1C(=O)OC. The van der Waals surface area contributed by atoms with Crippen LogP contribution in [0.5, 0.6) is 0 Å². The molecule has 168 valence electrons. The Bertz CT molecular complexity index is 1200. The van der Waals surface area contributed by atoms with Gasteiger partial charge >= 0.3 is 11.9 Å². The minimum Gasteiger partial charge on any atom is -0.465 e. The maximum atomic E-state index is 12.9. The number of fused-ring (bicyclic) bond motifs is 1. The molecular formula is C23H24N2O6S. The molecule has 0 aliphatic rings. The third-order valence-electron chi connectivity index (χ3n) is 5.07. The lowest BCUT2D eigenvalue weighted by Gasteiger charge is -2.14. The third kappa shape index (κ3) is 4.63. The molecule has 0 fully saturated rings. The molecule has 0 aliphatic carbocycles. The van der Waals surface area contributed by atoms with E-state index in [2.05, 4.69) is 10.3 Å². The lowest BCUT2D eigenvalue weighted by atomic mass is 10.0. The Morgan fingerprint density at radius 2 is 1.72 bits per heavy atom. The van der Waals surface area contributed by atoms with Gasteiger partial charge in [0.05, 0.1) is 36.1 Å². The van der Waals surface area contributed by atoms with Gasteiger partial charge in [0.15, 0.2) is 6.61 Å². The predicted molar refractivity (Wildman–Crippen MR) is 121 cm³/mol. The summed E-state index contributed by atoms with van der Waals surface area (Å²) in [5, 5.41) is 3.81. The van der Waals surface area contributed by atoms with Crippen LogP contribution in [0.25, 0.3) is 10.9 Å². The number of pyridine rings is 1. The second kappa shape index (κ2) is 9.88. The van der Waals surface area contributed by atoms with Crippen LogP contribution in [0.4, 0.5) is 5.00 Å². The van der Waals surface area contributed by atoms with Gasteiger partial charge in [-0.05, 0) is 38.0 Å². The van der Waals surface area contributed by atoms with E-state index < -0.39 is 24.5 Å². The van der Waals surface area contributed by atoms with Crippen LogP contribution in [0.1, 0.15) is 42.4 Å². The number of esters is 2. The van der Waals surface area contributed by atoms with Crippen molar-refractivity contribution in [2.24, 2.45) is 0 Å². The largest absolute Gasteiger partial charge is 0.465 e. The maximum absolute atomic E-state index is 12.9. The summed E-state index contributed by atoms with van der Waals surface area (Å²) >= 11 is 1.26. The summed E-state index contributed by atoms with van der Waals surface area (Å²) in [6.45, 7) is 5.03. The highest BCUT2D eigenvalue weighted by molar-refractivity contribution is 7.16. The van der Waals surface area contributed by atoms with Crippen LogP contribution in [0.2, 0.25) is 0 Å². The molecule has 0 unspecified atom stereocenters. The quantitative estimate of drug-likeness (QED) is 0.537. The summed E-state index contributed by atoms with van der Waals surface area (Å²) in [4.78, 5) is 42.8. The molecular weight excluding hydrogens is 432 g/mol. The molecule has 3 aromatic rings. The number of nitrogens with one attached hydrogen (secondary N) is 1. The number of benzene rings is 1. The Hall–Kier alpha value is -3.30. The van der Waals surface area contributed by atoms with Crippen molar-refractivity contribution in [1.29, 1.82) is 0 Å². The molecule has 0 aliphatic heterocycles. The number of aryl methyl sites for hydroxylation is 2. The van der Waals surface area contributed by atoms with Gasteiger partial charge in [-0.25, -0.2) is 14.6 Å². The molecule has 32 heavy (non-hydrogen) atoms. The Balaban J connectivity index is 1.79. The van der Waals surface area contributed by atoms with Crippen molar-refractivity contribution in [2.45, 2.75) is 27.4 Å². The van der Waals surface area contributed by atoms with Crippen LogP contribution in [0.3, 0.4) is 0 Å². The first-order valence-electron chi connectivity index (χ1n) is 9.80. The maximum Gasteiger partial charge on any atom is 0.341 e. The number of ether oxygens (including phenoxy) is 3. The number of methoxy groups -OCH3 is 2. The van der Waals surface area contributed by atoms with E-state index in [1.165, 1.54) is 25.6 Å². The first-order valence-corrected chi connectivity index (χ1v) is 10.6. The van der Waals surface area contributed by atoms with Crippen molar-refractivity contribution in [3.63, 3.8) is 0 Å². The Morgan fingerprint density at radius 3 is 2.41 bits per heavy atom. The Kier molecular flexibility index (Phi) is 7.22. The molecule has 1 aromatic carbocycles. The number of nitrogens with zero attached hydrogens (tertiary/aromatic N) is 1. The molecule has 0 radical (unpaired) electrons. The van der Waals surface area contributed by atoms with E-state index in [0.29, 0.717) is 21.8 Å². The predicted octanol–water partition coefficient (Wildman–Crippen LogP) is 3.95. The van der Waals surface area contributed by atoms with Crippen LogP contribution in [-0.2, 0) is 25.6 Å². The second-order valence-electron chi connectivity index (χ2n) is 7.11. The summed E-state index contributed by atoms with van der Waals surface area (Å²) in [5.41, 5.74) is 3.18. The fraction of sp³-hybridized carbons (Fsp3) is 0.304. The second-order valence-corrected chi connectivity index (χ2v) is 8.34. The van der Waals surface area contributed by atoms with Gasteiger partial charge in [-0.2, -0.15) is 0 Å². The van der Waals surface area contributed by atoms with Crippen molar-refractivity contribution in [3.8, 4) is 0 Å². The monoisotopic (exact) mass is 456 g/mol. The number of thiophene rings is 1. The number of anilines is 1. The average molecular weight is 457 g/mol. The Morgan fingerprint density at radius 1 is 1.00 bits per heavy atom. The summed E-state index contributed by atoms with van der Waals surface area (Å²) in [5.74, 6) is -1.78. The molecule has 3 rings (SSSR count). The zero-order valence-corrected chi connectivity index (χ0v) is 19.3. The van der Waals surface area contributed by atoms with Gasteiger partial charge in [0.25, 0.3) is 5.91 Å². The normalized spacial score (nSPS) is 10.8. The lowest BCUT2D eigenvalue weighted by molar-refractivity contribution is -0.119. The van der Waals surface area contributed by atoms with E-state index in [0.717, 1.165) is 21.3 Å². The first kappa shape index (κ1) is 23.4. The van der Waals surface area contributed by atoms with Crippen molar-refractivity contribution in [2.75, 3.05) is 26.1 Å². The van der Waals surface area contributed by atoms with E-state index in [1.54, 1.807) is 13.8 Å². The summed E-state index contributed by atoms with van der Waals surface area (Å²) in [7, 11) is 2.79. The number of rotatable bonds is 7. The van der Waals surface area contributed by atoms with Crippen molar-refractivity contribution >= 4 is 45.1 Å². The number of aromatic nitrogens is 1. The Labute approximate surface area is 189 Å². The highest BCUT2D eigenvalue weighted by atomic mass is 32.1. The van der Waals surface area contributed by atoms with Gasteiger partial charge in [0, 0.05) is 17.4 Å². The van der Waals surface area contributed by atoms with Crippen LogP contribution in [-0.4, -0.2) is 43.7 Å². The van der Waals surface area contributed by atoms with E-state index >= 15 is 0 Å². The van der Waals surface area contributed by atoms with Crippen LogP contribution >= 0.6 is 11.3 Å². The lowest BCUT2D eigenvalue weighted by Crippen LogP contribution is -2.23. The number of para-hydroxylation sites is 1. The number of hydrogen-bond donors (Lipinski definition) is 1. The van der Waals surface area contributed by atoms with Gasteiger partial charge in [0.1, 0.15) is 5.00 Å². The average Bonchev–Trinajstić information content (AvgIpc) is 3.05. The molecule has 2 heterocycles. The van der Waals surface area contributed by atoms with Gasteiger partial charge in [0.2, 0.25) is 0 Å². The number of carbonyl (C=O) groups is 3. The minimum absolute atomic E-state index is 0.124. The van der Waals surface area contributed by atoms with Crippen molar-refractivity contribution in [3.05, 3.63) is 57.1 Å². The van der Waals surface area contributed by atoms with E-state index in [9.17, 15) is 14.4 Å². The molecule has 0 saturated carbocycles. The van der Waals surface area contributed by atoms with Crippen LogP contribution in [0, 0.1) is 20.8 Å². The van der Waals surface area contributed by atoms with Crippen LogP contribution in [0.15, 0.2) is 24.3 Å². The third-order valence-corrected chi connectivity index (χ3v) is 6.20. The zero-order chi connectivity index (χ0) is 23.4. The van der Waals surface area contributed by atoms with Gasteiger partial charge in [-0.15, -0.1) is 11.3 Å². The van der Waals surface area contributed by atoms with Gasteiger partial charge < -0.3 is 19.5 Å². The smallest absolute Gasteiger partial charge is 0.341 e. The van der Waals surface area contributed by atoms with Crippen molar-refractivity contribution < 1.29 is 28.6 Å². The number of amides is 1. The summed E-state index contributed by atoms with van der Waals surface area (Å²) in [6.07, 6.45) is 0. The highest BCUT2D eigenvalue weighted by Crippen LogP contribution is 2.33. The van der Waals surface area contributed by atoms with E-state index in [1.807, 2.05) is 31.2 Å². The van der Waals surface area contributed by atoms with Gasteiger partial charge in [-0.1, -0.05) is 18.2 Å². The molecule has 1 N–H and O–H groups in total. The molecule has 0 saturated heterocycles.